The van der Waals surface area contributed by atoms with Crippen LogP contribution < -0.4 is 4.90 Å². The van der Waals surface area contributed by atoms with Crippen LogP contribution in [0.15, 0.2) is 22.7 Å². The van der Waals surface area contributed by atoms with Gasteiger partial charge in [0.1, 0.15) is 0 Å². The van der Waals surface area contributed by atoms with Gasteiger partial charge in [0.2, 0.25) is 5.91 Å². The Bertz CT molecular complexity index is 518. The molecule has 1 aliphatic rings. The molecular formula is C14H16BrNO2S. The molecule has 3 nitrogen and oxygen atoms in total. The molecule has 0 aliphatic carbocycles. The Morgan fingerprint density at radius 1 is 1.53 bits per heavy atom. The van der Waals surface area contributed by atoms with Crippen LogP contribution >= 0.6 is 27.7 Å². The molecule has 0 N–H and O–H groups in total. The third-order valence-corrected chi connectivity index (χ3v) is 4.84. The summed E-state index contributed by atoms with van der Waals surface area (Å²) in [5, 5.41) is 0.114. The average molecular weight is 342 g/mol. The lowest BCUT2D eigenvalue weighted by atomic mass is 10.1. The quantitative estimate of drug-likeness (QED) is 0.845. The Morgan fingerprint density at radius 3 is 2.95 bits per heavy atom. The molecule has 0 radical (unpaired) electrons. The van der Waals surface area contributed by atoms with Crippen molar-refractivity contribution in [3.05, 3.63) is 28.2 Å². The molecule has 1 unspecified atom stereocenters. The fourth-order valence-electron chi connectivity index (χ4n) is 2.19. The number of anilines is 1. The largest absolute Gasteiger partial charge is 0.311 e. The Kier molecular flexibility index (Phi) is 4.68. The van der Waals surface area contributed by atoms with Crippen LogP contribution in [0.5, 0.6) is 0 Å². The minimum absolute atomic E-state index is 0.114. The molecule has 1 heterocycles. The second-order valence-electron chi connectivity index (χ2n) is 4.83. The van der Waals surface area contributed by atoms with Crippen LogP contribution in [-0.4, -0.2) is 23.3 Å². The number of amides is 1. The number of aryl methyl sites for hydroxylation is 1. The number of thioether (sulfide) groups is 1. The van der Waals surface area contributed by atoms with Gasteiger partial charge in [-0.25, -0.2) is 0 Å². The van der Waals surface area contributed by atoms with Gasteiger partial charge in [-0.15, -0.1) is 0 Å². The molecular weight excluding hydrogens is 326 g/mol. The molecule has 1 saturated heterocycles. The molecule has 19 heavy (non-hydrogen) atoms. The van der Waals surface area contributed by atoms with E-state index in [1.807, 2.05) is 30.0 Å². The number of hydrogen-bond donors (Lipinski definition) is 0. The summed E-state index contributed by atoms with van der Waals surface area (Å²) in [6.45, 7) is 4.27. The van der Waals surface area contributed by atoms with Crippen molar-refractivity contribution in [3.8, 4) is 0 Å². The molecule has 2 rings (SSSR count). The maximum atomic E-state index is 12.1. The molecule has 1 atom stereocenters. The highest BCUT2D eigenvalue weighted by atomic mass is 79.9. The summed E-state index contributed by atoms with van der Waals surface area (Å²) in [5.74, 6) is 1.12. The average Bonchev–Trinajstić information content (AvgIpc) is 2.71. The Hall–Kier alpha value is -0.810. The highest BCUT2D eigenvalue weighted by Crippen LogP contribution is 2.33. The number of nitrogens with zero attached hydrogens (tertiary/aromatic N) is 1. The van der Waals surface area contributed by atoms with Gasteiger partial charge in [0.25, 0.3) is 0 Å². The van der Waals surface area contributed by atoms with Crippen LogP contribution in [-0.2, 0) is 9.59 Å². The van der Waals surface area contributed by atoms with Crippen molar-refractivity contribution >= 4 is 44.4 Å². The first-order valence-electron chi connectivity index (χ1n) is 6.17. The van der Waals surface area contributed by atoms with Crippen molar-refractivity contribution in [2.45, 2.75) is 20.3 Å². The van der Waals surface area contributed by atoms with Gasteiger partial charge in [-0.1, -0.05) is 17.8 Å². The minimum atomic E-state index is 0.114. The van der Waals surface area contributed by atoms with Gasteiger partial charge in [0, 0.05) is 30.1 Å². The predicted octanol–water partition coefficient (Wildman–Crippen LogP) is 3.39. The van der Waals surface area contributed by atoms with Crippen LogP contribution in [0.2, 0.25) is 0 Å². The molecule has 0 saturated carbocycles. The summed E-state index contributed by atoms with van der Waals surface area (Å²) in [6.07, 6.45) is 0.528. The van der Waals surface area contributed by atoms with E-state index in [1.165, 1.54) is 11.8 Å². The zero-order chi connectivity index (χ0) is 14.0. The molecule has 102 valence electrons. The number of rotatable bonds is 3. The smallest absolute Gasteiger partial charge is 0.227 e. The lowest BCUT2D eigenvalue weighted by Gasteiger charge is -2.19. The van der Waals surface area contributed by atoms with E-state index in [1.54, 1.807) is 6.92 Å². The molecule has 0 spiro atoms. The summed E-state index contributed by atoms with van der Waals surface area (Å²) >= 11 is 4.80. The summed E-state index contributed by atoms with van der Waals surface area (Å²) in [6, 6.07) is 6.00. The van der Waals surface area contributed by atoms with E-state index in [4.69, 9.17) is 0 Å². The number of carbonyl (C=O) groups excluding carboxylic acids is 2. The van der Waals surface area contributed by atoms with Crippen LogP contribution in [0.4, 0.5) is 5.69 Å². The first-order valence-corrected chi connectivity index (χ1v) is 7.95. The van der Waals surface area contributed by atoms with E-state index >= 15 is 0 Å². The first-order chi connectivity index (χ1) is 8.97. The predicted molar refractivity (Wildman–Crippen MR) is 82.5 cm³/mol. The third kappa shape index (κ3) is 3.60. The van der Waals surface area contributed by atoms with E-state index in [0.29, 0.717) is 13.0 Å². The normalized spacial score (nSPS) is 19.0. The molecule has 5 heteroatoms. The SMILES string of the molecule is CC(=O)SCC1CC(=O)N(c2cc(C)ccc2Br)C1. The number of carbonyl (C=O) groups is 2. The van der Waals surface area contributed by atoms with E-state index < -0.39 is 0 Å². The topological polar surface area (TPSA) is 37.4 Å². The monoisotopic (exact) mass is 341 g/mol. The minimum Gasteiger partial charge on any atom is -0.311 e. The lowest BCUT2D eigenvalue weighted by molar-refractivity contribution is -0.117. The third-order valence-electron chi connectivity index (χ3n) is 3.12. The fraction of sp³-hybridized carbons (Fsp3) is 0.429. The number of hydrogen-bond acceptors (Lipinski definition) is 3. The zero-order valence-corrected chi connectivity index (χ0v) is 13.4. The highest BCUT2D eigenvalue weighted by Gasteiger charge is 2.31. The fourth-order valence-corrected chi connectivity index (χ4v) is 3.35. The molecule has 1 fully saturated rings. The Balaban J connectivity index is 2.11. The van der Waals surface area contributed by atoms with E-state index in [2.05, 4.69) is 15.9 Å². The van der Waals surface area contributed by atoms with Crippen LogP contribution in [0.1, 0.15) is 18.9 Å². The zero-order valence-electron chi connectivity index (χ0n) is 11.0. The first kappa shape index (κ1) is 14.6. The van der Waals surface area contributed by atoms with Crippen molar-refractivity contribution in [2.24, 2.45) is 5.92 Å². The van der Waals surface area contributed by atoms with Gasteiger partial charge >= 0.3 is 0 Å². The van der Waals surface area contributed by atoms with Gasteiger partial charge in [0.05, 0.1) is 5.69 Å². The van der Waals surface area contributed by atoms with Gasteiger partial charge in [0.15, 0.2) is 5.12 Å². The summed E-state index contributed by atoms with van der Waals surface area (Å²) < 4.78 is 0.936. The molecule has 1 aromatic rings. The molecule has 1 aliphatic heterocycles. The second-order valence-corrected chi connectivity index (χ2v) is 6.88. The van der Waals surface area contributed by atoms with Crippen LogP contribution in [0.3, 0.4) is 0 Å². The Morgan fingerprint density at radius 2 is 2.26 bits per heavy atom. The Labute approximate surface area is 125 Å². The van der Waals surface area contributed by atoms with Crippen molar-refractivity contribution in [3.63, 3.8) is 0 Å². The summed E-state index contributed by atoms with van der Waals surface area (Å²) in [5.41, 5.74) is 2.06. The summed E-state index contributed by atoms with van der Waals surface area (Å²) in [4.78, 5) is 24.9. The van der Waals surface area contributed by atoms with Gasteiger partial charge in [-0.2, -0.15) is 0 Å². The van der Waals surface area contributed by atoms with Gasteiger partial charge in [-0.3, -0.25) is 9.59 Å². The maximum absolute atomic E-state index is 12.1. The molecule has 0 bridgehead atoms. The van der Waals surface area contributed by atoms with Gasteiger partial charge < -0.3 is 4.90 Å². The molecule has 0 aromatic heterocycles. The van der Waals surface area contributed by atoms with E-state index in [0.717, 1.165) is 21.5 Å². The molecule has 1 amide bonds. The lowest BCUT2D eigenvalue weighted by Crippen LogP contribution is -2.25. The standard InChI is InChI=1S/C14H16BrNO2S/c1-9-3-4-12(15)13(5-9)16-7-11(6-14(16)18)8-19-10(2)17/h3-5,11H,6-8H2,1-2H3. The van der Waals surface area contributed by atoms with Crippen LogP contribution in [0.25, 0.3) is 0 Å². The molecule has 1 aromatic carbocycles. The summed E-state index contributed by atoms with van der Waals surface area (Å²) in [7, 11) is 0. The highest BCUT2D eigenvalue weighted by molar-refractivity contribution is 9.10. The van der Waals surface area contributed by atoms with E-state index in [9.17, 15) is 9.59 Å². The van der Waals surface area contributed by atoms with Crippen LogP contribution in [0, 0.1) is 12.8 Å². The number of benzene rings is 1. The second kappa shape index (κ2) is 6.09. The van der Waals surface area contributed by atoms with Crippen molar-refractivity contribution in [2.75, 3.05) is 17.2 Å². The van der Waals surface area contributed by atoms with Crippen molar-refractivity contribution in [1.29, 1.82) is 0 Å². The van der Waals surface area contributed by atoms with Crippen molar-refractivity contribution in [1.82, 2.24) is 0 Å². The van der Waals surface area contributed by atoms with Crippen molar-refractivity contribution < 1.29 is 9.59 Å². The van der Waals surface area contributed by atoms with E-state index in [-0.39, 0.29) is 16.9 Å². The maximum Gasteiger partial charge on any atom is 0.227 e. The van der Waals surface area contributed by atoms with Gasteiger partial charge in [-0.05, 0) is 46.5 Å². The number of halogens is 1.